The predicted octanol–water partition coefficient (Wildman–Crippen LogP) is -0.423. The normalized spacial score (nSPS) is 12.3. The molecule has 0 saturated heterocycles. The Hall–Kier alpha value is -1.92. The fraction of sp³-hybridized carbons (Fsp3) is 0.333. The summed E-state index contributed by atoms with van der Waals surface area (Å²) in [5.41, 5.74) is 12.0. The summed E-state index contributed by atoms with van der Waals surface area (Å²) in [5.74, 6) is 2.33. The number of fused-ring (bicyclic) bond motifs is 1. The molecule has 2 rings (SSSR count). The van der Waals surface area contributed by atoms with Crippen molar-refractivity contribution in [3.8, 4) is 5.81 Å². The van der Waals surface area contributed by atoms with Gasteiger partial charge in [-0.2, -0.15) is 0 Å². The molecule has 0 radical (unpaired) electrons. The van der Waals surface area contributed by atoms with E-state index >= 15 is 0 Å². The van der Waals surface area contributed by atoms with Gasteiger partial charge < -0.3 is 0 Å². The first kappa shape index (κ1) is 13.5. The Labute approximate surface area is 108 Å². The van der Waals surface area contributed by atoms with Crippen molar-refractivity contribution >= 4 is 30.8 Å². The third-order valence-electron chi connectivity index (χ3n) is 2.37. The molecule has 100 valence electrons. The van der Waals surface area contributed by atoms with E-state index in [1.165, 1.54) is 6.33 Å². The Bertz CT molecular complexity index is 696. The number of ether oxygens (including phenoxy) is 1. The second kappa shape index (κ2) is 5.81. The van der Waals surface area contributed by atoms with Crippen molar-refractivity contribution in [3.05, 3.63) is 6.33 Å². The van der Waals surface area contributed by atoms with Gasteiger partial charge in [-0.05, 0) is 0 Å². The van der Waals surface area contributed by atoms with Crippen LogP contribution >= 0.6 is 7.92 Å². The summed E-state index contributed by atoms with van der Waals surface area (Å²) in [4.78, 5) is 11.9. The van der Waals surface area contributed by atoms with Gasteiger partial charge in [0.2, 0.25) is 0 Å². The summed E-state index contributed by atoms with van der Waals surface area (Å²) < 4.78 is 16.8. The average molecular weight is 282 g/mol. The number of hydrogen-bond acceptors (Lipinski definition) is 8. The Kier molecular flexibility index (Phi) is 4.13. The quantitative estimate of drug-likeness (QED) is 0.641. The number of anilines is 2. The fourth-order valence-electron chi connectivity index (χ4n) is 1.56. The van der Waals surface area contributed by atoms with E-state index < -0.39 is 14.0 Å². The maximum absolute atomic E-state index is 10.2. The summed E-state index contributed by atoms with van der Waals surface area (Å²) in [6, 6.07) is 0. The minimum absolute atomic E-state index is 0.0319. The summed E-state index contributed by atoms with van der Waals surface area (Å²) in [6.45, 7) is -0.0519. The Morgan fingerprint density at radius 2 is 2.32 bits per heavy atom. The molecule has 0 unspecified atom stereocenters. The van der Waals surface area contributed by atoms with Gasteiger partial charge in [-0.3, -0.25) is 0 Å². The van der Waals surface area contributed by atoms with Crippen LogP contribution in [0.25, 0.3) is 11.2 Å². The molecule has 0 saturated carbocycles. The number of rotatable bonds is 4. The van der Waals surface area contributed by atoms with E-state index in [2.05, 4.69) is 20.8 Å². The summed E-state index contributed by atoms with van der Waals surface area (Å²) in [7, 11) is -0.391. The van der Waals surface area contributed by atoms with Gasteiger partial charge in [0.25, 0.3) is 0 Å². The van der Waals surface area contributed by atoms with Gasteiger partial charge in [0.15, 0.2) is 0 Å². The van der Waals surface area contributed by atoms with Crippen LogP contribution in [0.2, 0.25) is 0 Å². The van der Waals surface area contributed by atoms with Crippen molar-refractivity contribution in [2.24, 2.45) is 0 Å². The number of nitrogen functional groups attached to an aromatic ring is 2. The summed E-state index contributed by atoms with van der Waals surface area (Å²) in [6.07, 6.45) is 0.854. The standard InChI is InChI=1S/C9H11N6O3P/c10-7-6-8(14-9(11)13-7)15(3-12-6)1-5(2-16)18-4-19-17/h3,5,16H,1-2H2,(H4,10,11,13,14)/t5-/m0/s1. The van der Waals surface area contributed by atoms with Crippen molar-refractivity contribution in [3.63, 3.8) is 0 Å². The molecule has 10 heteroatoms. The predicted molar refractivity (Wildman–Crippen MR) is 67.6 cm³/mol. The van der Waals surface area contributed by atoms with E-state index in [0.717, 1.165) is 0 Å². The molecule has 1 atom stereocenters. The van der Waals surface area contributed by atoms with Crippen LogP contribution in [0.5, 0.6) is 0 Å². The van der Waals surface area contributed by atoms with E-state index in [1.54, 1.807) is 4.57 Å². The molecule has 0 amide bonds. The van der Waals surface area contributed by atoms with E-state index in [4.69, 9.17) is 21.3 Å². The first-order valence-electron chi connectivity index (χ1n) is 5.23. The third-order valence-corrected chi connectivity index (χ3v) is 2.55. The van der Waals surface area contributed by atoms with E-state index in [-0.39, 0.29) is 24.9 Å². The molecule has 0 aromatic carbocycles. The third kappa shape index (κ3) is 2.91. The number of nitrogens with two attached hydrogens (primary N) is 2. The number of aromatic nitrogens is 4. The number of aliphatic hydroxyl groups is 1. The topological polar surface area (TPSA) is 142 Å². The van der Waals surface area contributed by atoms with Crippen molar-refractivity contribution < 1.29 is 14.4 Å². The molecule has 19 heavy (non-hydrogen) atoms. The van der Waals surface area contributed by atoms with E-state index in [1.807, 2.05) is 0 Å². The van der Waals surface area contributed by atoms with Gasteiger partial charge in [-0.25, -0.2) is 0 Å². The van der Waals surface area contributed by atoms with Gasteiger partial charge in [0.05, 0.1) is 0 Å². The number of aliphatic hydroxyl groups excluding tert-OH is 1. The molecule has 0 aliphatic rings. The van der Waals surface area contributed by atoms with Crippen molar-refractivity contribution in [2.75, 3.05) is 18.1 Å². The molecular weight excluding hydrogens is 271 g/mol. The second-order valence-corrected chi connectivity index (χ2v) is 4.01. The zero-order valence-electron chi connectivity index (χ0n) is 9.72. The van der Waals surface area contributed by atoms with Crippen molar-refractivity contribution in [1.29, 1.82) is 0 Å². The molecule has 0 fully saturated rings. The molecule has 0 spiro atoms. The zero-order valence-corrected chi connectivity index (χ0v) is 10.6. The van der Waals surface area contributed by atoms with E-state index in [9.17, 15) is 4.57 Å². The van der Waals surface area contributed by atoms with Gasteiger partial charge in [0, 0.05) is 0 Å². The van der Waals surface area contributed by atoms with Crippen LogP contribution in [0.4, 0.5) is 11.8 Å². The first-order chi connectivity index (χ1) is 9.15. The molecule has 9 nitrogen and oxygen atoms in total. The average Bonchev–Trinajstić information content (AvgIpc) is 2.77. The molecule has 2 heterocycles. The monoisotopic (exact) mass is 282 g/mol. The minimum atomic E-state index is -0.628. The first-order valence-corrected chi connectivity index (χ1v) is 6.04. The van der Waals surface area contributed by atoms with Crippen LogP contribution in [0.15, 0.2) is 6.33 Å². The maximum atomic E-state index is 10.2. The van der Waals surface area contributed by atoms with Gasteiger partial charge in [-0.1, -0.05) is 0 Å². The molecule has 0 aliphatic heterocycles. The van der Waals surface area contributed by atoms with Gasteiger partial charge in [-0.15, -0.1) is 0 Å². The Morgan fingerprint density at radius 1 is 1.53 bits per heavy atom. The molecule has 2 aromatic rings. The van der Waals surface area contributed by atoms with Crippen LogP contribution in [-0.2, 0) is 15.8 Å². The fourth-order valence-corrected chi connectivity index (χ4v) is 1.76. The number of hydrogen-bond donors (Lipinski definition) is 3. The number of nitrogens with zero attached hydrogens (tertiary/aromatic N) is 4. The van der Waals surface area contributed by atoms with Crippen LogP contribution < -0.4 is 11.5 Å². The van der Waals surface area contributed by atoms with Crippen LogP contribution in [-0.4, -0.2) is 37.3 Å². The molecule has 2 aromatic heterocycles. The SMILES string of the molecule is Nc1nc(N)c2ncn(C[C@@H](CO)OC#P=O)c2n1. The molecule has 0 aliphatic carbocycles. The van der Waals surface area contributed by atoms with E-state index in [0.29, 0.717) is 11.2 Å². The van der Waals surface area contributed by atoms with Crippen molar-refractivity contribution in [1.82, 2.24) is 19.5 Å². The van der Waals surface area contributed by atoms with Crippen LogP contribution in [0.3, 0.4) is 0 Å². The summed E-state index contributed by atoms with van der Waals surface area (Å²) >= 11 is 0. The molecule has 5 N–H and O–H groups in total. The molecular formula is C9H11N6O3P. The zero-order chi connectivity index (χ0) is 13.8. The number of imidazole rings is 1. The molecule has 0 bridgehead atoms. The second-order valence-electron chi connectivity index (χ2n) is 3.64. The van der Waals surface area contributed by atoms with Crippen LogP contribution in [0, 0.1) is 5.81 Å². The van der Waals surface area contributed by atoms with Crippen molar-refractivity contribution in [2.45, 2.75) is 12.6 Å². The Morgan fingerprint density at radius 3 is 3.00 bits per heavy atom. The van der Waals surface area contributed by atoms with Gasteiger partial charge in [0.1, 0.15) is 0 Å². The van der Waals surface area contributed by atoms with Gasteiger partial charge >= 0.3 is 108 Å². The summed E-state index contributed by atoms with van der Waals surface area (Å²) in [5, 5.41) is 9.15. The Balaban J connectivity index is 2.34. The van der Waals surface area contributed by atoms with Crippen LogP contribution in [0.1, 0.15) is 0 Å².